The first kappa shape index (κ1) is 18.4. The van der Waals surface area contributed by atoms with Gasteiger partial charge in [-0.3, -0.25) is 4.99 Å². The van der Waals surface area contributed by atoms with Gasteiger partial charge < -0.3 is 5.32 Å². The van der Waals surface area contributed by atoms with Gasteiger partial charge in [-0.15, -0.1) is 5.10 Å². The molecule has 138 valence electrons. The van der Waals surface area contributed by atoms with Crippen molar-refractivity contribution in [2.24, 2.45) is 4.99 Å². The molecule has 0 saturated heterocycles. The Morgan fingerprint density at radius 1 is 1.22 bits per heavy atom. The predicted octanol–water partition coefficient (Wildman–Crippen LogP) is 4.48. The zero-order chi connectivity index (χ0) is 19.6. The quantitative estimate of drug-likeness (QED) is 0.547. The van der Waals surface area contributed by atoms with Crippen molar-refractivity contribution in [1.29, 1.82) is 0 Å². The maximum absolute atomic E-state index is 13.6. The van der Waals surface area contributed by atoms with Crippen molar-refractivity contribution >= 4 is 22.7 Å². The third kappa shape index (κ3) is 3.92. The van der Waals surface area contributed by atoms with Crippen LogP contribution in [-0.2, 0) is 0 Å². The number of hydrogen-bond acceptors (Lipinski definition) is 3. The lowest BCUT2D eigenvalue weighted by atomic mass is 10.1. The number of anilines is 1. The smallest absolute Gasteiger partial charge is 0.182 e. The summed E-state index contributed by atoms with van der Waals surface area (Å²) in [6.07, 6.45) is 3.67. The summed E-state index contributed by atoms with van der Waals surface area (Å²) in [7, 11) is 1.68. The second-order valence-corrected chi connectivity index (χ2v) is 6.18. The molecule has 0 bridgehead atoms. The number of fused-ring (bicyclic) bond motifs is 1. The van der Waals surface area contributed by atoms with Crippen molar-refractivity contribution in [3.8, 4) is 0 Å². The minimum absolute atomic E-state index is 0.292. The van der Waals surface area contributed by atoms with Crippen molar-refractivity contribution in [2.75, 3.05) is 12.4 Å². The molecule has 2 heterocycles. The fourth-order valence-corrected chi connectivity index (χ4v) is 2.52. The van der Waals surface area contributed by atoms with Crippen LogP contribution in [0.1, 0.15) is 25.2 Å². The van der Waals surface area contributed by atoms with E-state index in [0.29, 0.717) is 28.6 Å². The lowest BCUT2D eigenvalue weighted by Gasteiger charge is -2.11. The lowest BCUT2D eigenvalue weighted by Crippen LogP contribution is -2.14. The van der Waals surface area contributed by atoms with Crippen LogP contribution in [-0.4, -0.2) is 27.5 Å². The minimum Gasteiger partial charge on any atom is -0.323 e. The van der Waals surface area contributed by atoms with Gasteiger partial charge in [0.1, 0.15) is 11.4 Å². The van der Waals surface area contributed by atoms with Crippen LogP contribution in [0.3, 0.4) is 0 Å². The second kappa shape index (κ2) is 7.49. The summed E-state index contributed by atoms with van der Waals surface area (Å²) in [6.45, 7) is 7.89. The molecular formula is C20H19F2N5. The maximum atomic E-state index is 13.6. The third-order valence-electron chi connectivity index (χ3n) is 3.84. The van der Waals surface area contributed by atoms with Gasteiger partial charge in [-0.2, -0.15) is 0 Å². The minimum atomic E-state index is -0.946. The van der Waals surface area contributed by atoms with Gasteiger partial charge in [0.05, 0.1) is 0 Å². The summed E-state index contributed by atoms with van der Waals surface area (Å²) in [5.41, 5.74) is 2.61. The molecule has 3 aromatic rings. The van der Waals surface area contributed by atoms with E-state index in [1.54, 1.807) is 17.8 Å². The Morgan fingerprint density at radius 3 is 2.67 bits per heavy atom. The zero-order valence-corrected chi connectivity index (χ0v) is 15.3. The molecule has 1 N–H and O–H groups in total. The van der Waals surface area contributed by atoms with E-state index in [9.17, 15) is 8.78 Å². The lowest BCUT2D eigenvalue weighted by molar-refractivity contribution is 0.508. The highest BCUT2D eigenvalue weighted by molar-refractivity contribution is 6.05. The number of halogens is 2. The Hall–Kier alpha value is -3.35. The van der Waals surface area contributed by atoms with Gasteiger partial charge in [0.15, 0.2) is 23.3 Å². The molecule has 0 saturated carbocycles. The van der Waals surface area contributed by atoms with Gasteiger partial charge in [0.2, 0.25) is 0 Å². The van der Waals surface area contributed by atoms with Crippen LogP contribution in [0.5, 0.6) is 0 Å². The summed E-state index contributed by atoms with van der Waals surface area (Å²) in [5, 5.41) is 7.60. The normalized spacial score (nSPS) is 11.5. The monoisotopic (exact) mass is 367 g/mol. The molecule has 0 radical (unpaired) electrons. The topological polar surface area (TPSA) is 54.6 Å². The molecule has 0 aliphatic carbocycles. The maximum Gasteiger partial charge on any atom is 0.182 e. The van der Waals surface area contributed by atoms with E-state index in [0.717, 1.165) is 23.2 Å². The third-order valence-corrected chi connectivity index (χ3v) is 3.84. The first-order chi connectivity index (χ1) is 12.9. The van der Waals surface area contributed by atoms with Crippen LogP contribution in [0, 0.1) is 11.6 Å². The Bertz CT molecular complexity index is 1080. The molecule has 0 aliphatic rings. The van der Waals surface area contributed by atoms with Crippen molar-refractivity contribution < 1.29 is 8.78 Å². The number of hydrogen-bond donors (Lipinski definition) is 1. The molecular weight excluding hydrogens is 348 g/mol. The van der Waals surface area contributed by atoms with Gasteiger partial charge in [-0.1, -0.05) is 18.2 Å². The van der Waals surface area contributed by atoms with Crippen molar-refractivity contribution in [3.63, 3.8) is 0 Å². The second-order valence-electron chi connectivity index (χ2n) is 6.18. The number of benzene rings is 1. The first-order valence-electron chi connectivity index (χ1n) is 8.28. The number of rotatable bonds is 4. The molecule has 5 nitrogen and oxygen atoms in total. The highest BCUT2D eigenvalue weighted by Crippen LogP contribution is 2.23. The Labute approximate surface area is 155 Å². The number of allylic oxidation sites excluding steroid dienone is 1. The Balaban J connectivity index is 2.06. The molecule has 3 rings (SSSR count). The molecule has 27 heavy (non-hydrogen) atoms. The molecule has 0 unspecified atom stereocenters. The van der Waals surface area contributed by atoms with E-state index in [4.69, 9.17) is 0 Å². The summed E-state index contributed by atoms with van der Waals surface area (Å²) in [5.74, 6) is -0.396. The van der Waals surface area contributed by atoms with Crippen LogP contribution in [0.2, 0.25) is 0 Å². The number of nitrogens with zero attached hydrogens (tertiary/aromatic N) is 4. The largest absolute Gasteiger partial charge is 0.323 e. The van der Waals surface area contributed by atoms with Gasteiger partial charge in [0.25, 0.3) is 0 Å². The standard InChI is InChI=1S/C20H19F2N5/c1-12(2)10-18(23-4)24-20-17-6-5-9-27(17)26-19(25-20)13(3)14-7-8-15(21)16(22)11-14/h5-11H,3H2,1-2,4H3,(H,23,24,25,26). The average Bonchev–Trinajstić information content (AvgIpc) is 3.11. The predicted molar refractivity (Wildman–Crippen MR) is 104 cm³/mol. The fourth-order valence-electron chi connectivity index (χ4n) is 2.52. The van der Waals surface area contributed by atoms with E-state index < -0.39 is 11.6 Å². The Morgan fingerprint density at radius 2 is 2.00 bits per heavy atom. The van der Waals surface area contributed by atoms with Gasteiger partial charge in [0, 0.05) is 18.8 Å². The molecule has 1 aromatic carbocycles. The summed E-state index contributed by atoms with van der Waals surface area (Å²) in [6, 6.07) is 7.28. The molecule has 0 atom stereocenters. The van der Waals surface area contributed by atoms with E-state index in [1.165, 1.54) is 6.07 Å². The molecule has 7 heteroatoms. The van der Waals surface area contributed by atoms with E-state index in [-0.39, 0.29) is 0 Å². The highest BCUT2D eigenvalue weighted by Gasteiger charge is 2.14. The molecule has 0 aliphatic heterocycles. The van der Waals surface area contributed by atoms with Crippen LogP contribution < -0.4 is 5.32 Å². The van der Waals surface area contributed by atoms with Crippen molar-refractivity contribution in [3.05, 3.63) is 77.8 Å². The van der Waals surface area contributed by atoms with E-state index >= 15 is 0 Å². The van der Waals surface area contributed by atoms with Crippen molar-refractivity contribution in [2.45, 2.75) is 13.8 Å². The van der Waals surface area contributed by atoms with Crippen LogP contribution in [0.25, 0.3) is 11.1 Å². The molecule has 0 spiro atoms. The van der Waals surface area contributed by atoms with Crippen LogP contribution in [0.4, 0.5) is 14.6 Å². The summed E-state index contributed by atoms with van der Waals surface area (Å²) in [4.78, 5) is 8.74. The number of aromatic nitrogens is 3. The SMILES string of the molecule is C=C(c1ccc(F)c(F)c1)c1nc(NC(C=C(C)C)=NC)c2cccn2n1. The first-order valence-corrected chi connectivity index (χ1v) is 8.28. The molecule has 2 aromatic heterocycles. The van der Waals surface area contributed by atoms with Crippen molar-refractivity contribution in [1.82, 2.24) is 14.6 Å². The zero-order valence-electron chi connectivity index (χ0n) is 15.3. The van der Waals surface area contributed by atoms with E-state index in [1.807, 2.05) is 32.1 Å². The number of nitrogens with one attached hydrogen (secondary N) is 1. The number of amidine groups is 1. The van der Waals surface area contributed by atoms with E-state index in [2.05, 4.69) is 27.0 Å². The summed E-state index contributed by atoms with van der Waals surface area (Å²) >= 11 is 0. The molecule has 0 amide bonds. The van der Waals surface area contributed by atoms with Crippen LogP contribution in [0.15, 0.2) is 59.7 Å². The summed E-state index contributed by atoms with van der Waals surface area (Å²) < 4.78 is 28.4. The van der Waals surface area contributed by atoms with Gasteiger partial charge in [-0.25, -0.2) is 18.3 Å². The van der Waals surface area contributed by atoms with Gasteiger partial charge >= 0.3 is 0 Å². The molecule has 0 fully saturated rings. The Kier molecular flexibility index (Phi) is 5.12. The van der Waals surface area contributed by atoms with Crippen LogP contribution >= 0.6 is 0 Å². The fraction of sp³-hybridized carbons (Fsp3) is 0.150. The highest BCUT2D eigenvalue weighted by atomic mass is 19.2. The number of aliphatic imine (C=N–C) groups is 1. The average molecular weight is 367 g/mol. The van der Waals surface area contributed by atoms with Gasteiger partial charge in [-0.05, 0) is 49.8 Å².